The van der Waals surface area contributed by atoms with Gasteiger partial charge in [0.1, 0.15) is 13.2 Å². The van der Waals surface area contributed by atoms with Gasteiger partial charge in [0, 0.05) is 19.3 Å². The van der Waals surface area contributed by atoms with Gasteiger partial charge in [-0.15, -0.1) is 0 Å². The summed E-state index contributed by atoms with van der Waals surface area (Å²) >= 11 is 0. The Morgan fingerprint density at radius 1 is 0.364 bits per heavy atom. The van der Waals surface area contributed by atoms with Crippen molar-refractivity contribution in [1.82, 2.24) is 0 Å². The summed E-state index contributed by atoms with van der Waals surface area (Å²) < 4.78 is 16.6. The van der Waals surface area contributed by atoms with E-state index < -0.39 is 6.10 Å². The molecule has 0 aromatic carbocycles. The number of ether oxygens (including phenoxy) is 3. The summed E-state index contributed by atoms with van der Waals surface area (Å²) in [6.45, 7) is 6.54. The van der Waals surface area contributed by atoms with Gasteiger partial charge in [-0.1, -0.05) is 206 Å². The van der Waals surface area contributed by atoms with Crippen LogP contribution in [0.5, 0.6) is 0 Å². The van der Waals surface area contributed by atoms with Crippen molar-refractivity contribution in [1.29, 1.82) is 0 Å². The molecule has 55 heavy (non-hydrogen) atoms. The molecule has 6 nitrogen and oxygen atoms in total. The fraction of sp³-hybridized carbons (Fsp3) is 0.857. The fourth-order valence-corrected chi connectivity index (χ4v) is 6.82. The minimum absolute atomic E-state index is 0.0739. The van der Waals surface area contributed by atoms with Gasteiger partial charge in [0.2, 0.25) is 0 Å². The highest BCUT2D eigenvalue weighted by molar-refractivity contribution is 5.71. The maximum atomic E-state index is 12.7. The zero-order valence-corrected chi connectivity index (χ0v) is 36.7. The van der Waals surface area contributed by atoms with Gasteiger partial charge in [-0.2, -0.15) is 0 Å². The number of allylic oxidation sites excluding steroid dienone is 4. The fourth-order valence-electron chi connectivity index (χ4n) is 6.82. The van der Waals surface area contributed by atoms with Crippen molar-refractivity contribution in [2.75, 3.05) is 13.2 Å². The summed E-state index contributed by atoms with van der Waals surface area (Å²) in [7, 11) is 0. The first-order valence-electron chi connectivity index (χ1n) is 23.8. The van der Waals surface area contributed by atoms with Crippen molar-refractivity contribution in [3.63, 3.8) is 0 Å². The van der Waals surface area contributed by atoms with E-state index in [1.165, 1.54) is 128 Å². The van der Waals surface area contributed by atoms with Crippen LogP contribution >= 0.6 is 0 Å². The van der Waals surface area contributed by atoms with Crippen molar-refractivity contribution >= 4 is 17.9 Å². The highest BCUT2D eigenvalue weighted by atomic mass is 16.6. The lowest BCUT2D eigenvalue weighted by Crippen LogP contribution is -2.30. The van der Waals surface area contributed by atoms with Crippen LogP contribution < -0.4 is 0 Å². The van der Waals surface area contributed by atoms with E-state index in [0.29, 0.717) is 19.3 Å². The molecule has 0 aliphatic carbocycles. The molecule has 0 amide bonds. The molecule has 322 valence electrons. The van der Waals surface area contributed by atoms with E-state index in [9.17, 15) is 14.4 Å². The summed E-state index contributed by atoms with van der Waals surface area (Å²) in [5.41, 5.74) is 0. The average molecular weight is 775 g/mol. The Kier molecular flexibility index (Phi) is 42.9. The second kappa shape index (κ2) is 44.6. The summed E-state index contributed by atoms with van der Waals surface area (Å²) in [5, 5.41) is 0. The summed E-state index contributed by atoms with van der Waals surface area (Å²) in [4.78, 5) is 37.5. The number of hydrogen-bond acceptors (Lipinski definition) is 6. The van der Waals surface area contributed by atoms with Crippen LogP contribution in [0.2, 0.25) is 0 Å². The molecular weight excluding hydrogens is 685 g/mol. The molecule has 0 radical (unpaired) electrons. The standard InChI is InChI=1S/C49H90O6/c1-4-7-10-13-15-17-19-21-23-25-27-29-31-33-36-39-42-48(51)54-45-46(44-53-47(50)41-38-35-12-9-6-3)55-49(52)43-40-37-34-32-30-28-26-24-22-20-18-16-14-11-8-5-2/h17,19,23,25,46H,4-16,18,20-22,24,26-45H2,1-3H3/b19-17-,25-23-. The molecule has 0 N–H and O–H groups in total. The zero-order valence-electron chi connectivity index (χ0n) is 36.7. The van der Waals surface area contributed by atoms with E-state index >= 15 is 0 Å². The molecule has 0 rings (SSSR count). The van der Waals surface area contributed by atoms with Gasteiger partial charge in [-0.25, -0.2) is 0 Å². The van der Waals surface area contributed by atoms with Crippen LogP contribution in [0.15, 0.2) is 24.3 Å². The second-order valence-electron chi connectivity index (χ2n) is 16.0. The zero-order chi connectivity index (χ0) is 40.1. The number of hydrogen-bond donors (Lipinski definition) is 0. The Balaban J connectivity index is 4.20. The Hall–Kier alpha value is -2.11. The highest BCUT2D eigenvalue weighted by Gasteiger charge is 2.19. The third kappa shape index (κ3) is 42.9. The lowest BCUT2D eigenvalue weighted by Gasteiger charge is -2.18. The molecule has 0 aromatic heterocycles. The van der Waals surface area contributed by atoms with E-state index in [1.807, 2.05) is 0 Å². The maximum Gasteiger partial charge on any atom is 0.306 e. The molecule has 1 unspecified atom stereocenters. The van der Waals surface area contributed by atoms with Crippen LogP contribution in [-0.4, -0.2) is 37.2 Å². The summed E-state index contributed by atoms with van der Waals surface area (Å²) in [6, 6.07) is 0. The van der Waals surface area contributed by atoms with Crippen LogP contribution in [0.25, 0.3) is 0 Å². The second-order valence-corrected chi connectivity index (χ2v) is 16.0. The maximum absolute atomic E-state index is 12.7. The molecule has 0 saturated carbocycles. The Morgan fingerprint density at radius 3 is 1.02 bits per heavy atom. The smallest absolute Gasteiger partial charge is 0.306 e. The first-order chi connectivity index (χ1) is 27.0. The van der Waals surface area contributed by atoms with Gasteiger partial charge in [-0.3, -0.25) is 14.4 Å². The first-order valence-corrected chi connectivity index (χ1v) is 23.8. The Labute approximate surface area is 341 Å². The SMILES string of the molecule is CCCCCC/C=C\C/C=C\CCCCCCCC(=O)OCC(COC(=O)CCCCCCC)OC(=O)CCCCCCCCCCCCCCCCCC. The molecule has 0 fully saturated rings. The molecule has 0 bridgehead atoms. The van der Waals surface area contributed by atoms with Crippen LogP contribution in [0.3, 0.4) is 0 Å². The topological polar surface area (TPSA) is 78.9 Å². The van der Waals surface area contributed by atoms with Crippen molar-refractivity contribution in [3.05, 3.63) is 24.3 Å². The van der Waals surface area contributed by atoms with Crippen molar-refractivity contribution < 1.29 is 28.6 Å². The molecule has 0 aliphatic rings. The number of unbranched alkanes of at least 4 members (excludes halogenated alkanes) is 28. The van der Waals surface area contributed by atoms with E-state index in [2.05, 4.69) is 45.1 Å². The Morgan fingerprint density at radius 2 is 0.655 bits per heavy atom. The molecule has 0 spiro atoms. The van der Waals surface area contributed by atoms with E-state index in [-0.39, 0.29) is 31.1 Å². The van der Waals surface area contributed by atoms with Gasteiger partial charge in [0.05, 0.1) is 0 Å². The number of carbonyl (C=O) groups is 3. The van der Waals surface area contributed by atoms with Gasteiger partial charge >= 0.3 is 17.9 Å². The van der Waals surface area contributed by atoms with E-state index in [0.717, 1.165) is 83.5 Å². The summed E-state index contributed by atoms with van der Waals surface area (Å²) in [5.74, 6) is -0.893. The largest absolute Gasteiger partial charge is 0.462 e. The van der Waals surface area contributed by atoms with Gasteiger partial charge < -0.3 is 14.2 Å². The monoisotopic (exact) mass is 775 g/mol. The third-order valence-electron chi connectivity index (χ3n) is 10.5. The average Bonchev–Trinajstić information content (AvgIpc) is 3.18. The van der Waals surface area contributed by atoms with Gasteiger partial charge in [0.25, 0.3) is 0 Å². The predicted molar refractivity (Wildman–Crippen MR) is 233 cm³/mol. The minimum atomic E-state index is -0.768. The van der Waals surface area contributed by atoms with Crippen molar-refractivity contribution in [2.24, 2.45) is 0 Å². The third-order valence-corrected chi connectivity index (χ3v) is 10.5. The molecule has 0 aliphatic heterocycles. The predicted octanol–water partition coefficient (Wildman–Crippen LogP) is 15.2. The molecule has 1 atom stereocenters. The number of carbonyl (C=O) groups excluding carboxylic acids is 3. The highest BCUT2D eigenvalue weighted by Crippen LogP contribution is 2.15. The number of esters is 3. The minimum Gasteiger partial charge on any atom is -0.462 e. The molecule has 0 heterocycles. The lowest BCUT2D eigenvalue weighted by atomic mass is 10.0. The molecule has 0 aromatic rings. The molecular formula is C49H90O6. The van der Waals surface area contributed by atoms with Crippen LogP contribution in [0, 0.1) is 0 Å². The van der Waals surface area contributed by atoms with Crippen LogP contribution in [0.1, 0.15) is 252 Å². The van der Waals surface area contributed by atoms with Gasteiger partial charge in [0.15, 0.2) is 6.10 Å². The summed E-state index contributed by atoms with van der Waals surface area (Å²) in [6.07, 6.45) is 49.0. The van der Waals surface area contributed by atoms with Crippen molar-refractivity contribution in [3.8, 4) is 0 Å². The molecule has 0 saturated heterocycles. The Bertz CT molecular complexity index is 896. The van der Waals surface area contributed by atoms with E-state index in [4.69, 9.17) is 14.2 Å². The quantitative estimate of drug-likeness (QED) is 0.0266. The van der Waals surface area contributed by atoms with E-state index in [1.54, 1.807) is 0 Å². The first kappa shape index (κ1) is 52.9. The van der Waals surface area contributed by atoms with Crippen LogP contribution in [0.4, 0.5) is 0 Å². The van der Waals surface area contributed by atoms with Crippen LogP contribution in [-0.2, 0) is 28.6 Å². The van der Waals surface area contributed by atoms with Crippen molar-refractivity contribution in [2.45, 2.75) is 258 Å². The number of rotatable bonds is 43. The molecule has 6 heteroatoms. The van der Waals surface area contributed by atoms with Gasteiger partial charge in [-0.05, 0) is 51.4 Å². The lowest BCUT2D eigenvalue weighted by molar-refractivity contribution is -0.167. The normalized spacial score (nSPS) is 12.1.